The maximum atomic E-state index is 12.9. The molecule has 2 N–H and O–H groups in total. The van der Waals surface area contributed by atoms with E-state index in [1.54, 1.807) is 6.07 Å². The first kappa shape index (κ1) is 12.6. The van der Waals surface area contributed by atoms with Gasteiger partial charge in [-0.25, -0.2) is 4.39 Å². The molecule has 1 rings (SSSR count). The van der Waals surface area contributed by atoms with Crippen LogP contribution in [0.2, 0.25) is 0 Å². The Morgan fingerprint density at radius 3 is 2.69 bits per heavy atom. The van der Waals surface area contributed by atoms with Crippen molar-refractivity contribution in [1.82, 2.24) is 0 Å². The topological polar surface area (TPSA) is 57.5 Å². The molecular formula is C12H15FO3. The standard InChI is InChI=1S/C12H15FO3/c1-8(11(14)15)12(2,16)7-9-4-3-5-10(13)6-9/h3-6,8,16H,7H2,1-2H3,(H,14,15). The van der Waals surface area contributed by atoms with Crippen molar-refractivity contribution >= 4 is 5.97 Å². The van der Waals surface area contributed by atoms with Crippen LogP contribution in [0.1, 0.15) is 19.4 Å². The number of rotatable bonds is 4. The maximum Gasteiger partial charge on any atom is 0.309 e. The zero-order valence-electron chi connectivity index (χ0n) is 9.27. The van der Waals surface area contributed by atoms with E-state index >= 15 is 0 Å². The Kier molecular flexibility index (Phi) is 3.65. The fourth-order valence-electron chi connectivity index (χ4n) is 1.48. The zero-order valence-corrected chi connectivity index (χ0v) is 9.27. The number of carbonyl (C=O) groups is 1. The molecule has 0 heterocycles. The van der Waals surface area contributed by atoms with Gasteiger partial charge in [0, 0.05) is 6.42 Å². The Morgan fingerprint density at radius 2 is 2.19 bits per heavy atom. The van der Waals surface area contributed by atoms with Crippen LogP contribution in [0.4, 0.5) is 4.39 Å². The molecule has 0 aromatic heterocycles. The molecule has 0 aliphatic rings. The minimum atomic E-state index is -1.39. The van der Waals surface area contributed by atoms with Crippen LogP contribution in [0.15, 0.2) is 24.3 Å². The Morgan fingerprint density at radius 1 is 1.56 bits per heavy atom. The smallest absolute Gasteiger partial charge is 0.309 e. The number of aliphatic carboxylic acids is 1. The predicted octanol–water partition coefficient (Wildman–Crippen LogP) is 1.84. The molecule has 0 amide bonds. The van der Waals surface area contributed by atoms with Crippen molar-refractivity contribution in [3.8, 4) is 0 Å². The number of hydrogen-bond acceptors (Lipinski definition) is 2. The van der Waals surface area contributed by atoms with Crippen molar-refractivity contribution in [3.63, 3.8) is 0 Å². The molecule has 0 saturated heterocycles. The van der Waals surface area contributed by atoms with E-state index in [9.17, 15) is 14.3 Å². The van der Waals surface area contributed by atoms with Gasteiger partial charge < -0.3 is 10.2 Å². The van der Waals surface area contributed by atoms with E-state index in [4.69, 9.17) is 5.11 Å². The first-order valence-corrected chi connectivity index (χ1v) is 5.02. The molecule has 0 spiro atoms. The normalized spacial score (nSPS) is 16.5. The van der Waals surface area contributed by atoms with Gasteiger partial charge in [-0.2, -0.15) is 0 Å². The lowest BCUT2D eigenvalue weighted by Crippen LogP contribution is -2.39. The second kappa shape index (κ2) is 4.61. The zero-order chi connectivity index (χ0) is 12.3. The summed E-state index contributed by atoms with van der Waals surface area (Å²) < 4.78 is 12.9. The van der Waals surface area contributed by atoms with Gasteiger partial charge in [-0.15, -0.1) is 0 Å². The van der Waals surface area contributed by atoms with Gasteiger partial charge in [0.15, 0.2) is 0 Å². The van der Waals surface area contributed by atoms with Gasteiger partial charge >= 0.3 is 5.97 Å². The highest BCUT2D eigenvalue weighted by atomic mass is 19.1. The summed E-state index contributed by atoms with van der Waals surface area (Å²) in [5.41, 5.74) is -0.808. The molecule has 88 valence electrons. The SMILES string of the molecule is CC(C(=O)O)C(C)(O)Cc1cccc(F)c1. The molecule has 1 aromatic rings. The van der Waals surface area contributed by atoms with E-state index in [1.165, 1.54) is 32.0 Å². The van der Waals surface area contributed by atoms with Gasteiger partial charge in [-0.3, -0.25) is 4.79 Å². The molecule has 16 heavy (non-hydrogen) atoms. The number of benzene rings is 1. The maximum absolute atomic E-state index is 12.9. The molecule has 0 aliphatic carbocycles. The summed E-state index contributed by atoms with van der Waals surface area (Å²) in [6, 6.07) is 5.79. The number of carboxylic acids is 1. The Labute approximate surface area is 93.5 Å². The lowest BCUT2D eigenvalue weighted by Gasteiger charge is -2.27. The van der Waals surface area contributed by atoms with Crippen LogP contribution < -0.4 is 0 Å². The van der Waals surface area contributed by atoms with Gasteiger partial charge in [-0.05, 0) is 31.5 Å². The highest BCUT2D eigenvalue weighted by molar-refractivity contribution is 5.71. The number of aliphatic hydroxyl groups is 1. The third kappa shape index (κ3) is 3.03. The fraction of sp³-hybridized carbons (Fsp3) is 0.417. The minimum absolute atomic E-state index is 0.109. The summed E-state index contributed by atoms with van der Waals surface area (Å²) in [4.78, 5) is 10.8. The highest BCUT2D eigenvalue weighted by Crippen LogP contribution is 2.22. The molecule has 0 radical (unpaired) electrons. The summed E-state index contributed by atoms with van der Waals surface area (Å²) in [6.45, 7) is 2.87. The first-order valence-electron chi connectivity index (χ1n) is 5.02. The summed E-state index contributed by atoms with van der Waals surface area (Å²) >= 11 is 0. The quantitative estimate of drug-likeness (QED) is 0.823. The van der Waals surface area contributed by atoms with Crippen molar-refractivity contribution in [2.24, 2.45) is 5.92 Å². The lowest BCUT2D eigenvalue weighted by molar-refractivity contribution is -0.149. The molecule has 1 aromatic carbocycles. The molecule has 3 nitrogen and oxygen atoms in total. The average Bonchev–Trinajstić information content (AvgIpc) is 2.15. The van der Waals surface area contributed by atoms with Crippen LogP contribution in [-0.4, -0.2) is 21.8 Å². The Balaban J connectivity index is 2.84. The fourth-order valence-corrected chi connectivity index (χ4v) is 1.48. The van der Waals surface area contributed by atoms with Crippen molar-refractivity contribution in [2.75, 3.05) is 0 Å². The molecule has 0 aliphatic heterocycles. The van der Waals surface area contributed by atoms with Crippen LogP contribution in [0, 0.1) is 11.7 Å². The van der Waals surface area contributed by atoms with Crippen molar-refractivity contribution in [2.45, 2.75) is 25.9 Å². The van der Waals surface area contributed by atoms with Crippen LogP contribution in [0.5, 0.6) is 0 Å². The number of carboxylic acid groups (broad SMARTS) is 1. The van der Waals surface area contributed by atoms with Gasteiger partial charge in [-0.1, -0.05) is 12.1 Å². The largest absolute Gasteiger partial charge is 0.481 e. The summed E-state index contributed by atoms with van der Waals surface area (Å²) in [5, 5.41) is 18.8. The molecule has 0 fully saturated rings. The van der Waals surface area contributed by atoms with E-state index < -0.39 is 23.3 Å². The van der Waals surface area contributed by atoms with Crippen LogP contribution in [0.25, 0.3) is 0 Å². The first-order chi connectivity index (χ1) is 7.33. The van der Waals surface area contributed by atoms with Crippen LogP contribution in [-0.2, 0) is 11.2 Å². The lowest BCUT2D eigenvalue weighted by atomic mass is 9.85. The summed E-state index contributed by atoms with van der Waals surface area (Å²) in [5.74, 6) is -2.37. The van der Waals surface area contributed by atoms with E-state index in [-0.39, 0.29) is 6.42 Å². The molecule has 0 saturated carbocycles. The van der Waals surface area contributed by atoms with Crippen molar-refractivity contribution in [1.29, 1.82) is 0 Å². The van der Waals surface area contributed by atoms with E-state index in [0.717, 1.165) is 0 Å². The molecule has 4 heteroatoms. The second-order valence-corrected chi connectivity index (χ2v) is 4.22. The van der Waals surface area contributed by atoms with Crippen molar-refractivity contribution in [3.05, 3.63) is 35.6 Å². The molecule has 0 bridgehead atoms. The number of hydrogen-bond donors (Lipinski definition) is 2. The van der Waals surface area contributed by atoms with Crippen LogP contribution >= 0.6 is 0 Å². The Hall–Kier alpha value is -1.42. The van der Waals surface area contributed by atoms with Crippen molar-refractivity contribution < 1.29 is 19.4 Å². The van der Waals surface area contributed by atoms with Gasteiger partial charge in [0.25, 0.3) is 0 Å². The van der Waals surface area contributed by atoms with Gasteiger partial charge in [0.1, 0.15) is 5.82 Å². The molecular weight excluding hydrogens is 211 g/mol. The molecule has 2 unspecified atom stereocenters. The van der Waals surface area contributed by atoms with Gasteiger partial charge in [0.2, 0.25) is 0 Å². The summed E-state index contributed by atoms with van der Waals surface area (Å²) in [7, 11) is 0. The number of halogens is 1. The van der Waals surface area contributed by atoms with Crippen LogP contribution in [0.3, 0.4) is 0 Å². The third-order valence-electron chi connectivity index (χ3n) is 2.75. The van der Waals surface area contributed by atoms with E-state index in [2.05, 4.69) is 0 Å². The highest BCUT2D eigenvalue weighted by Gasteiger charge is 2.33. The average molecular weight is 226 g/mol. The molecule has 2 atom stereocenters. The second-order valence-electron chi connectivity index (χ2n) is 4.22. The van der Waals surface area contributed by atoms with E-state index in [0.29, 0.717) is 5.56 Å². The predicted molar refractivity (Wildman–Crippen MR) is 57.5 cm³/mol. The van der Waals surface area contributed by atoms with E-state index in [1.807, 2.05) is 0 Å². The van der Waals surface area contributed by atoms with Gasteiger partial charge in [0.05, 0.1) is 11.5 Å². The third-order valence-corrected chi connectivity index (χ3v) is 2.75. The Bertz CT molecular complexity index is 388. The monoisotopic (exact) mass is 226 g/mol. The minimum Gasteiger partial charge on any atom is -0.481 e. The summed E-state index contributed by atoms with van der Waals surface area (Å²) in [6.07, 6.45) is 0.109.